The van der Waals surface area contributed by atoms with E-state index in [1.165, 1.54) is 12.1 Å². The molecule has 0 unspecified atom stereocenters. The largest absolute Gasteiger partial charge is 0.545 e. The summed E-state index contributed by atoms with van der Waals surface area (Å²) in [6, 6.07) is 6.32. The van der Waals surface area contributed by atoms with E-state index in [4.69, 9.17) is 0 Å². The highest BCUT2D eigenvalue weighted by Crippen LogP contribution is 2.20. The fourth-order valence-corrected chi connectivity index (χ4v) is 2.40. The Kier molecular flexibility index (Phi) is 4.03. The molecular weight excluding hydrogens is 270 g/mol. The Morgan fingerprint density at radius 1 is 1.05 bits per heavy atom. The summed E-state index contributed by atoms with van der Waals surface area (Å²) in [7, 11) is 0. The van der Waals surface area contributed by atoms with Gasteiger partial charge >= 0.3 is 0 Å². The van der Waals surface area contributed by atoms with Gasteiger partial charge in [0.1, 0.15) is 0 Å². The molecule has 0 radical (unpaired) electrons. The van der Waals surface area contributed by atoms with Crippen LogP contribution in [-0.2, 0) is 6.54 Å². The van der Waals surface area contributed by atoms with Crippen LogP contribution in [0.4, 0.5) is 0 Å². The topological polar surface area (TPSA) is 79.2 Å². The quantitative estimate of drug-likeness (QED) is 0.771. The molecule has 2 rings (SSSR count). The van der Waals surface area contributed by atoms with Crippen LogP contribution in [0.5, 0.6) is 0 Å². The number of aromatic carboxylic acids is 1. The van der Waals surface area contributed by atoms with Crippen LogP contribution < -0.4 is 5.11 Å². The monoisotopic (exact) mass is 284 g/mol. The van der Waals surface area contributed by atoms with E-state index in [0.29, 0.717) is 41.6 Å². The summed E-state index contributed by atoms with van der Waals surface area (Å²) in [4.78, 5) is 32.9. The van der Waals surface area contributed by atoms with E-state index in [9.17, 15) is 19.5 Å². The Bertz CT molecular complexity index is 679. The molecular formula is C16H14NO4-. The molecule has 0 aliphatic heterocycles. The molecule has 0 N–H and O–H groups in total. The molecule has 0 saturated carbocycles. The number of carboxylic acids is 1. The second-order valence-electron chi connectivity index (χ2n) is 4.80. The second kappa shape index (κ2) is 5.75. The fourth-order valence-electron chi connectivity index (χ4n) is 2.40. The van der Waals surface area contributed by atoms with Gasteiger partial charge in [0.15, 0.2) is 12.6 Å². The molecule has 1 heterocycles. The van der Waals surface area contributed by atoms with E-state index in [2.05, 4.69) is 0 Å². The number of carboxylic acid groups (broad SMARTS) is 1. The number of aldehydes is 2. The first-order chi connectivity index (χ1) is 9.99. The highest BCUT2D eigenvalue weighted by Gasteiger charge is 2.16. The normalized spacial score (nSPS) is 10.4. The van der Waals surface area contributed by atoms with Crippen LogP contribution in [-0.4, -0.2) is 23.1 Å². The summed E-state index contributed by atoms with van der Waals surface area (Å²) in [5.74, 6) is -1.22. The predicted molar refractivity (Wildman–Crippen MR) is 74.6 cm³/mol. The number of hydrogen-bond donors (Lipinski definition) is 0. The number of benzene rings is 1. The fraction of sp³-hybridized carbons (Fsp3) is 0.188. The zero-order valence-electron chi connectivity index (χ0n) is 11.8. The summed E-state index contributed by atoms with van der Waals surface area (Å²) in [5.41, 5.74) is 3.21. The SMILES string of the molecule is Cc1c(C=O)c(C=O)c(C)n1Cc1ccc(C(=O)[O-])cc1. The number of carbonyl (C=O) groups excluding carboxylic acids is 3. The van der Waals surface area contributed by atoms with Crippen molar-refractivity contribution in [3.63, 3.8) is 0 Å². The molecule has 0 fully saturated rings. The van der Waals surface area contributed by atoms with E-state index >= 15 is 0 Å². The third kappa shape index (κ3) is 2.63. The van der Waals surface area contributed by atoms with Crippen molar-refractivity contribution in [1.29, 1.82) is 0 Å². The second-order valence-corrected chi connectivity index (χ2v) is 4.80. The first kappa shape index (κ1) is 14.7. The van der Waals surface area contributed by atoms with Gasteiger partial charge in [-0.3, -0.25) is 9.59 Å². The minimum absolute atomic E-state index is 0.113. The van der Waals surface area contributed by atoms with Gasteiger partial charge in [-0.1, -0.05) is 24.3 Å². The van der Waals surface area contributed by atoms with Crippen LogP contribution in [0.25, 0.3) is 0 Å². The number of nitrogens with zero attached hydrogens (tertiary/aromatic N) is 1. The molecule has 108 valence electrons. The first-order valence-corrected chi connectivity index (χ1v) is 6.40. The van der Waals surface area contributed by atoms with Gasteiger partial charge in [-0.15, -0.1) is 0 Å². The van der Waals surface area contributed by atoms with Gasteiger partial charge in [-0.2, -0.15) is 0 Å². The molecule has 0 spiro atoms. The van der Waals surface area contributed by atoms with Crippen molar-refractivity contribution < 1.29 is 19.5 Å². The van der Waals surface area contributed by atoms with Gasteiger partial charge in [-0.25, -0.2) is 0 Å². The maximum absolute atomic E-state index is 11.1. The van der Waals surface area contributed by atoms with Crippen molar-refractivity contribution in [2.45, 2.75) is 20.4 Å². The van der Waals surface area contributed by atoms with Crippen LogP contribution in [0.3, 0.4) is 0 Å². The molecule has 0 amide bonds. The van der Waals surface area contributed by atoms with Crippen molar-refractivity contribution in [3.8, 4) is 0 Å². The van der Waals surface area contributed by atoms with Crippen molar-refractivity contribution >= 4 is 18.5 Å². The van der Waals surface area contributed by atoms with E-state index in [1.807, 2.05) is 4.57 Å². The minimum Gasteiger partial charge on any atom is -0.545 e. The van der Waals surface area contributed by atoms with Crippen LogP contribution in [0.15, 0.2) is 24.3 Å². The number of aromatic nitrogens is 1. The first-order valence-electron chi connectivity index (χ1n) is 6.40. The number of carbonyl (C=O) groups is 3. The van der Waals surface area contributed by atoms with Crippen molar-refractivity contribution in [2.75, 3.05) is 0 Å². The third-order valence-corrected chi connectivity index (χ3v) is 3.65. The summed E-state index contributed by atoms with van der Waals surface area (Å²) in [6.07, 6.45) is 1.36. The van der Waals surface area contributed by atoms with Crippen LogP contribution in [0.1, 0.15) is 48.0 Å². The molecule has 2 aromatic rings. The van der Waals surface area contributed by atoms with E-state index < -0.39 is 5.97 Å². The summed E-state index contributed by atoms with van der Waals surface area (Å²) in [5, 5.41) is 10.7. The summed E-state index contributed by atoms with van der Waals surface area (Å²) >= 11 is 0. The molecule has 0 aliphatic rings. The molecule has 0 atom stereocenters. The predicted octanol–water partition coefficient (Wildman–Crippen LogP) is 1.14. The Balaban J connectivity index is 2.40. The van der Waals surface area contributed by atoms with E-state index in [-0.39, 0.29) is 5.56 Å². The Morgan fingerprint density at radius 3 is 1.90 bits per heavy atom. The van der Waals surface area contributed by atoms with Crippen LogP contribution in [0.2, 0.25) is 0 Å². The molecule has 0 bridgehead atoms. The Hall–Kier alpha value is -2.69. The third-order valence-electron chi connectivity index (χ3n) is 3.65. The average molecular weight is 284 g/mol. The van der Waals surface area contributed by atoms with Crippen LogP contribution >= 0.6 is 0 Å². The minimum atomic E-state index is -1.22. The Morgan fingerprint density at radius 2 is 1.52 bits per heavy atom. The molecule has 0 aliphatic carbocycles. The van der Waals surface area contributed by atoms with Gasteiger partial charge in [-0.05, 0) is 25.0 Å². The maximum Gasteiger partial charge on any atom is 0.152 e. The van der Waals surface area contributed by atoms with E-state index in [1.54, 1.807) is 26.0 Å². The summed E-state index contributed by atoms with van der Waals surface area (Å²) < 4.78 is 1.86. The molecule has 21 heavy (non-hydrogen) atoms. The Labute approximate surface area is 121 Å². The summed E-state index contributed by atoms with van der Waals surface area (Å²) in [6.45, 7) is 4.01. The van der Waals surface area contributed by atoms with E-state index in [0.717, 1.165) is 5.56 Å². The zero-order chi connectivity index (χ0) is 15.6. The van der Waals surface area contributed by atoms with Crippen molar-refractivity contribution in [3.05, 3.63) is 57.9 Å². The van der Waals surface area contributed by atoms with Gasteiger partial charge < -0.3 is 14.5 Å². The lowest BCUT2D eigenvalue weighted by Gasteiger charge is -2.10. The smallest absolute Gasteiger partial charge is 0.152 e. The standard InChI is InChI=1S/C16H15NO4/c1-10-14(8-18)15(9-19)11(2)17(10)7-12-3-5-13(6-4-12)16(20)21/h3-6,8-9H,7H2,1-2H3,(H,20,21)/p-1. The molecule has 0 saturated heterocycles. The average Bonchev–Trinajstić information content (AvgIpc) is 2.71. The molecule has 1 aromatic heterocycles. The van der Waals surface area contributed by atoms with Crippen molar-refractivity contribution in [2.24, 2.45) is 0 Å². The highest BCUT2D eigenvalue weighted by atomic mass is 16.4. The van der Waals surface area contributed by atoms with Gasteiger partial charge in [0.25, 0.3) is 0 Å². The van der Waals surface area contributed by atoms with Gasteiger partial charge in [0, 0.05) is 29.1 Å². The number of hydrogen-bond acceptors (Lipinski definition) is 4. The van der Waals surface area contributed by atoms with Gasteiger partial charge in [0.05, 0.1) is 5.97 Å². The lowest BCUT2D eigenvalue weighted by Crippen LogP contribution is -2.22. The number of rotatable bonds is 5. The molecule has 5 nitrogen and oxygen atoms in total. The van der Waals surface area contributed by atoms with Crippen molar-refractivity contribution in [1.82, 2.24) is 4.57 Å². The maximum atomic E-state index is 11.1. The lowest BCUT2D eigenvalue weighted by atomic mass is 10.1. The highest BCUT2D eigenvalue weighted by molar-refractivity contribution is 5.93. The lowest BCUT2D eigenvalue weighted by molar-refractivity contribution is -0.255. The molecule has 1 aromatic carbocycles. The molecule has 5 heteroatoms. The van der Waals surface area contributed by atoms with Crippen LogP contribution in [0, 0.1) is 13.8 Å². The zero-order valence-corrected chi connectivity index (χ0v) is 11.8. The van der Waals surface area contributed by atoms with Gasteiger partial charge in [0.2, 0.25) is 0 Å².